The van der Waals surface area contributed by atoms with Crippen molar-refractivity contribution in [1.29, 1.82) is 0 Å². The molecule has 0 fully saturated rings. The highest BCUT2D eigenvalue weighted by Crippen LogP contribution is 2.19. The molecule has 0 atom stereocenters. The number of H-pyrrole nitrogens is 1. The summed E-state index contributed by atoms with van der Waals surface area (Å²) in [6, 6.07) is 7.71. The van der Waals surface area contributed by atoms with Gasteiger partial charge in [0.05, 0.1) is 5.69 Å². The number of nitrogens with zero attached hydrogens (tertiary/aromatic N) is 2. The lowest BCUT2D eigenvalue weighted by Gasteiger charge is -2.05. The maximum Gasteiger partial charge on any atom is 0.330 e. The summed E-state index contributed by atoms with van der Waals surface area (Å²) in [5, 5.41) is 2.03. The van der Waals surface area contributed by atoms with Gasteiger partial charge in [-0.15, -0.1) is 0 Å². The summed E-state index contributed by atoms with van der Waals surface area (Å²) >= 11 is 0. The van der Waals surface area contributed by atoms with Crippen molar-refractivity contribution in [1.82, 2.24) is 14.5 Å². The Kier molecular flexibility index (Phi) is 1.86. The second-order valence-electron chi connectivity index (χ2n) is 3.51. The van der Waals surface area contributed by atoms with E-state index in [9.17, 15) is 4.79 Å². The van der Waals surface area contributed by atoms with Gasteiger partial charge in [0.15, 0.2) is 0 Å². The van der Waals surface area contributed by atoms with Gasteiger partial charge in [-0.3, -0.25) is 9.55 Å². The maximum atomic E-state index is 11.6. The smallest absolute Gasteiger partial charge is 0.312 e. The number of aromatic nitrogens is 3. The number of rotatable bonds is 1. The standard InChI is InChI=1S/C12H9N3O/c16-12-14-6-7-15(12)11-3-1-2-9-8-13-5-4-10(9)11/h1-8H,(H,14,16). The molecule has 0 aliphatic rings. The topological polar surface area (TPSA) is 50.7 Å². The van der Waals surface area contributed by atoms with Gasteiger partial charge in [0.1, 0.15) is 0 Å². The lowest BCUT2D eigenvalue weighted by molar-refractivity contribution is 0.996. The van der Waals surface area contributed by atoms with Crippen molar-refractivity contribution in [2.75, 3.05) is 0 Å². The highest BCUT2D eigenvalue weighted by molar-refractivity contribution is 5.89. The van der Waals surface area contributed by atoms with E-state index in [1.807, 2.05) is 24.3 Å². The largest absolute Gasteiger partial charge is 0.330 e. The van der Waals surface area contributed by atoms with Crippen LogP contribution in [0.25, 0.3) is 16.5 Å². The molecule has 0 bridgehead atoms. The normalized spacial score (nSPS) is 10.8. The average molecular weight is 211 g/mol. The highest BCUT2D eigenvalue weighted by atomic mass is 16.1. The van der Waals surface area contributed by atoms with Crippen molar-refractivity contribution < 1.29 is 0 Å². The van der Waals surface area contributed by atoms with Gasteiger partial charge >= 0.3 is 5.69 Å². The van der Waals surface area contributed by atoms with Crippen LogP contribution in [0.2, 0.25) is 0 Å². The summed E-state index contributed by atoms with van der Waals surface area (Å²) in [6.07, 6.45) is 6.86. The first-order chi connectivity index (χ1) is 7.86. The Hall–Kier alpha value is -2.36. The van der Waals surface area contributed by atoms with E-state index in [4.69, 9.17) is 0 Å². The molecule has 0 saturated heterocycles. The number of pyridine rings is 1. The molecule has 16 heavy (non-hydrogen) atoms. The fraction of sp³-hybridized carbons (Fsp3) is 0. The summed E-state index contributed by atoms with van der Waals surface area (Å²) in [5.74, 6) is 0. The molecule has 0 aliphatic heterocycles. The van der Waals surface area contributed by atoms with Crippen molar-refractivity contribution in [3.8, 4) is 5.69 Å². The van der Waals surface area contributed by atoms with Crippen molar-refractivity contribution in [3.05, 3.63) is 59.5 Å². The highest BCUT2D eigenvalue weighted by Gasteiger charge is 2.04. The zero-order valence-corrected chi connectivity index (χ0v) is 8.42. The Morgan fingerprint density at radius 1 is 1.25 bits per heavy atom. The zero-order chi connectivity index (χ0) is 11.0. The number of hydrogen-bond donors (Lipinski definition) is 1. The van der Waals surface area contributed by atoms with Crippen molar-refractivity contribution in [2.24, 2.45) is 0 Å². The van der Waals surface area contributed by atoms with E-state index in [1.165, 1.54) is 0 Å². The molecule has 1 N–H and O–H groups in total. The van der Waals surface area contributed by atoms with Crippen LogP contribution in [-0.2, 0) is 0 Å². The first kappa shape index (κ1) is 8.91. The van der Waals surface area contributed by atoms with E-state index in [-0.39, 0.29) is 5.69 Å². The summed E-state index contributed by atoms with van der Waals surface area (Å²) < 4.78 is 1.59. The fourth-order valence-corrected chi connectivity index (χ4v) is 1.83. The van der Waals surface area contributed by atoms with Crippen LogP contribution in [0.15, 0.2) is 53.8 Å². The van der Waals surface area contributed by atoms with Gasteiger partial charge in [0.2, 0.25) is 0 Å². The van der Waals surface area contributed by atoms with Gasteiger partial charge in [0.25, 0.3) is 0 Å². The molecule has 0 spiro atoms. The molecule has 2 heterocycles. The molecule has 4 nitrogen and oxygen atoms in total. The monoisotopic (exact) mass is 211 g/mol. The first-order valence-corrected chi connectivity index (χ1v) is 4.95. The van der Waals surface area contributed by atoms with Crippen molar-refractivity contribution in [2.45, 2.75) is 0 Å². The molecule has 0 aliphatic carbocycles. The van der Waals surface area contributed by atoms with Gasteiger partial charge in [-0.25, -0.2) is 4.79 Å². The molecule has 0 unspecified atom stereocenters. The van der Waals surface area contributed by atoms with E-state index >= 15 is 0 Å². The van der Waals surface area contributed by atoms with E-state index < -0.39 is 0 Å². The third-order valence-electron chi connectivity index (χ3n) is 2.57. The molecule has 4 heteroatoms. The number of fused-ring (bicyclic) bond motifs is 1. The molecule has 1 aromatic carbocycles. The minimum absolute atomic E-state index is 0.135. The van der Waals surface area contributed by atoms with Crippen LogP contribution in [0.4, 0.5) is 0 Å². The van der Waals surface area contributed by atoms with Crippen molar-refractivity contribution >= 4 is 10.8 Å². The molecule has 3 rings (SSSR count). The number of hydrogen-bond acceptors (Lipinski definition) is 2. The molecule has 3 aromatic rings. The Morgan fingerprint density at radius 2 is 2.19 bits per heavy atom. The third-order valence-corrected chi connectivity index (χ3v) is 2.57. The zero-order valence-electron chi connectivity index (χ0n) is 8.42. The predicted molar refractivity (Wildman–Crippen MR) is 61.7 cm³/mol. The summed E-state index contributed by atoms with van der Waals surface area (Å²) in [5.41, 5.74) is 0.732. The van der Waals surface area contributed by atoms with E-state index in [0.717, 1.165) is 16.5 Å². The quantitative estimate of drug-likeness (QED) is 0.666. The number of benzene rings is 1. The lowest BCUT2D eigenvalue weighted by Crippen LogP contribution is -2.14. The molecule has 2 aromatic heterocycles. The SMILES string of the molecule is O=c1[nH]ccn1-c1cccc2cnccc12. The molecule has 78 valence electrons. The van der Waals surface area contributed by atoms with Gasteiger partial charge in [-0.1, -0.05) is 12.1 Å². The van der Waals surface area contributed by atoms with Gasteiger partial charge in [-0.2, -0.15) is 0 Å². The van der Waals surface area contributed by atoms with Gasteiger partial charge in [-0.05, 0) is 12.1 Å². The van der Waals surface area contributed by atoms with Crippen LogP contribution >= 0.6 is 0 Å². The van der Waals surface area contributed by atoms with Crippen LogP contribution in [0.5, 0.6) is 0 Å². The minimum atomic E-state index is -0.135. The molecular weight excluding hydrogens is 202 g/mol. The Bertz CT molecular complexity index is 691. The van der Waals surface area contributed by atoms with Crippen LogP contribution in [0, 0.1) is 0 Å². The van der Waals surface area contributed by atoms with Crippen LogP contribution in [0.3, 0.4) is 0 Å². The van der Waals surface area contributed by atoms with E-state index in [2.05, 4.69) is 9.97 Å². The number of nitrogens with one attached hydrogen (secondary N) is 1. The summed E-state index contributed by atoms with van der Waals surface area (Å²) in [6.45, 7) is 0. The minimum Gasteiger partial charge on any atom is -0.312 e. The Labute approximate surface area is 91.2 Å². The van der Waals surface area contributed by atoms with E-state index in [1.54, 1.807) is 29.4 Å². The number of aromatic amines is 1. The summed E-state index contributed by atoms with van der Waals surface area (Å²) in [4.78, 5) is 18.2. The van der Waals surface area contributed by atoms with Gasteiger partial charge in [0, 0.05) is 35.6 Å². The average Bonchev–Trinajstić information content (AvgIpc) is 2.75. The summed E-state index contributed by atoms with van der Waals surface area (Å²) in [7, 11) is 0. The van der Waals surface area contributed by atoms with Crippen molar-refractivity contribution in [3.63, 3.8) is 0 Å². The maximum absolute atomic E-state index is 11.6. The van der Waals surface area contributed by atoms with Crippen LogP contribution < -0.4 is 5.69 Å². The molecule has 0 saturated carbocycles. The Balaban J connectivity index is 2.41. The fourth-order valence-electron chi connectivity index (χ4n) is 1.83. The predicted octanol–water partition coefficient (Wildman–Crippen LogP) is 1.71. The molecule has 0 radical (unpaired) electrons. The second-order valence-corrected chi connectivity index (χ2v) is 3.51. The lowest BCUT2D eigenvalue weighted by atomic mass is 10.1. The molecule has 0 amide bonds. The Morgan fingerprint density at radius 3 is 3.00 bits per heavy atom. The van der Waals surface area contributed by atoms with Crippen LogP contribution in [-0.4, -0.2) is 14.5 Å². The van der Waals surface area contributed by atoms with Gasteiger partial charge < -0.3 is 4.98 Å². The first-order valence-electron chi connectivity index (χ1n) is 4.95. The number of imidazole rings is 1. The van der Waals surface area contributed by atoms with Crippen LogP contribution in [0.1, 0.15) is 0 Å². The third kappa shape index (κ3) is 1.24. The van der Waals surface area contributed by atoms with E-state index in [0.29, 0.717) is 0 Å². The second kappa shape index (κ2) is 3.34. The molecular formula is C12H9N3O.